The van der Waals surface area contributed by atoms with E-state index in [1.807, 2.05) is 13.0 Å². The van der Waals surface area contributed by atoms with Gasteiger partial charge < -0.3 is 20.1 Å². The fourth-order valence-corrected chi connectivity index (χ4v) is 3.65. The molecule has 0 amide bonds. The molecule has 2 unspecified atom stereocenters. The fourth-order valence-electron chi connectivity index (χ4n) is 3.65. The lowest BCUT2D eigenvalue weighted by Gasteiger charge is -2.26. The van der Waals surface area contributed by atoms with Crippen molar-refractivity contribution in [3.63, 3.8) is 0 Å². The molecule has 184 valence electrons. The summed E-state index contributed by atoms with van der Waals surface area (Å²) in [7, 11) is 0. The Morgan fingerprint density at radius 2 is 1.32 bits per heavy atom. The van der Waals surface area contributed by atoms with Crippen molar-refractivity contribution in [1.29, 1.82) is 0 Å². The second-order valence-electron chi connectivity index (χ2n) is 10.2. The van der Waals surface area contributed by atoms with Gasteiger partial charge in [-0.1, -0.05) is 84.3 Å². The van der Waals surface area contributed by atoms with Crippen LogP contribution in [0.2, 0.25) is 0 Å². The number of ether oxygens (including phenoxy) is 1. The number of esters is 1. The molecule has 0 radical (unpaired) electrons. The van der Waals surface area contributed by atoms with Crippen LogP contribution >= 0.6 is 0 Å². The van der Waals surface area contributed by atoms with Crippen LogP contribution in [0, 0.1) is 23.2 Å². The van der Waals surface area contributed by atoms with Crippen LogP contribution in [0.4, 0.5) is 0 Å². The largest absolute Gasteiger partial charge is 0.465 e. The number of hydrogen-bond acceptors (Lipinski definition) is 5. The average molecular weight is 443 g/mol. The van der Waals surface area contributed by atoms with Gasteiger partial charge in [-0.3, -0.25) is 4.79 Å². The first kappa shape index (κ1) is 30.1. The summed E-state index contributed by atoms with van der Waals surface area (Å²) in [5, 5.41) is 27.8. The van der Waals surface area contributed by atoms with Gasteiger partial charge in [0.2, 0.25) is 0 Å². The van der Waals surface area contributed by atoms with Crippen LogP contribution in [0.25, 0.3) is 0 Å². The molecule has 31 heavy (non-hydrogen) atoms. The van der Waals surface area contributed by atoms with Gasteiger partial charge in [0.05, 0.1) is 31.7 Å². The molecule has 0 bridgehead atoms. The lowest BCUT2D eigenvalue weighted by atomic mass is 9.91. The SMILES string of the molecule is CC(=CCC(=O)OCC(CO)(CO)CO)CCCC(C)CCCC(C)CCCC(C)C. The van der Waals surface area contributed by atoms with Crippen LogP contribution in [-0.2, 0) is 9.53 Å². The summed E-state index contributed by atoms with van der Waals surface area (Å²) >= 11 is 0. The molecule has 0 aromatic heterocycles. The molecule has 3 N–H and O–H groups in total. The molecular formula is C26H50O5. The molecule has 0 aliphatic carbocycles. The quantitative estimate of drug-likeness (QED) is 0.187. The van der Waals surface area contributed by atoms with E-state index >= 15 is 0 Å². The molecular weight excluding hydrogens is 392 g/mol. The zero-order chi connectivity index (χ0) is 23.7. The van der Waals surface area contributed by atoms with E-state index < -0.39 is 31.2 Å². The Hall–Kier alpha value is -0.910. The number of aliphatic hydroxyl groups is 3. The summed E-state index contributed by atoms with van der Waals surface area (Å²) in [6, 6.07) is 0. The zero-order valence-electron chi connectivity index (χ0n) is 20.9. The second kappa shape index (κ2) is 17.6. The Labute approximate surface area is 191 Å². The van der Waals surface area contributed by atoms with Gasteiger partial charge >= 0.3 is 5.97 Å². The first-order valence-corrected chi connectivity index (χ1v) is 12.3. The summed E-state index contributed by atoms with van der Waals surface area (Å²) in [6.07, 6.45) is 13.4. The van der Waals surface area contributed by atoms with Crippen molar-refractivity contribution < 1.29 is 24.9 Å². The highest BCUT2D eigenvalue weighted by molar-refractivity contribution is 5.71. The third kappa shape index (κ3) is 15.5. The Morgan fingerprint density at radius 3 is 1.81 bits per heavy atom. The van der Waals surface area contributed by atoms with Gasteiger partial charge in [-0.2, -0.15) is 0 Å². The number of hydrogen-bond donors (Lipinski definition) is 3. The predicted octanol–water partition coefficient (Wildman–Crippen LogP) is 5.27. The first-order valence-electron chi connectivity index (χ1n) is 12.3. The van der Waals surface area contributed by atoms with Gasteiger partial charge in [0, 0.05) is 0 Å². The van der Waals surface area contributed by atoms with Crippen molar-refractivity contribution in [3.8, 4) is 0 Å². The van der Waals surface area contributed by atoms with E-state index in [2.05, 4.69) is 27.7 Å². The van der Waals surface area contributed by atoms with Crippen LogP contribution < -0.4 is 0 Å². The molecule has 0 spiro atoms. The molecule has 0 fully saturated rings. The van der Waals surface area contributed by atoms with Crippen molar-refractivity contribution in [3.05, 3.63) is 11.6 Å². The van der Waals surface area contributed by atoms with Crippen LogP contribution in [-0.4, -0.2) is 47.7 Å². The van der Waals surface area contributed by atoms with E-state index in [1.54, 1.807) is 0 Å². The Bertz CT molecular complexity index is 474. The van der Waals surface area contributed by atoms with E-state index in [1.165, 1.54) is 50.5 Å². The maximum Gasteiger partial charge on any atom is 0.309 e. The number of carbonyl (C=O) groups excluding carboxylic acids is 1. The topological polar surface area (TPSA) is 87.0 Å². The average Bonchev–Trinajstić information content (AvgIpc) is 2.73. The van der Waals surface area contributed by atoms with Gasteiger partial charge in [0.15, 0.2) is 0 Å². The van der Waals surface area contributed by atoms with E-state index in [9.17, 15) is 20.1 Å². The Morgan fingerprint density at radius 1 is 0.839 bits per heavy atom. The highest BCUT2D eigenvalue weighted by atomic mass is 16.5. The van der Waals surface area contributed by atoms with Crippen molar-refractivity contribution >= 4 is 5.97 Å². The van der Waals surface area contributed by atoms with Crippen molar-refractivity contribution in [2.45, 2.75) is 98.8 Å². The minimum Gasteiger partial charge on any atom is -0.465 e. The summed E-state index contributed by atoms with van der Waals surface area (Å²) in [6.45, 7) is 9.89. The molecule has 5 nitrogen and oxygen atoms in total. The maximum atomic E-state index is 11.9. The zero-order valence-corrected chi connectivity index (χ0v) is 20.9. The second-order valence-corrected chi connectivity index (χ2v) is 10.2. The van der Waals surface area contributed by atoms with Crippen LogP contribution in [0.5, 0.6) is 0 Å². The third-order valence-corrected chi connectivity index (χ3v) is 6.30. The number of rotatable bonds is 19. The standard InChI is InChI=1S/C26H50O5/c1-21(2)9-6-10-22(3)11-7-12-23(4)13-8-14-24(5)15-16-25(30)31-20-26(17-27,18-28)19-29/h15,21-23,27-29H,6-14,16-20H2,1-5H3. The van der Waals surface area contributed by atoms with Crippen molar-refractivity contribution in [2.75, 3.05) is 26.4 Å². The van der Waals surface area contributed by atoms with Crippen LogP contribution in [0.15, 0.2) is 11.6 Å². The van der Waals surface area contributed by atoms with Crippen molar-refractivity contribution in [1.82, 2.24) is 0 Å². The van der Waals surface area contributed by atoms with Crippen LogP contribution in [0.1, 0.15) is 98.8 Å². The summed E-state index contributed by atoms with van der Waals surface area (Å²) < 4.78 is 5.11. The Kier molecular flexibility index (Phi) is 17.1. The molecule has 0 aromatic carbocycles. The maximum absolute atomic E-state index is 11.9. The van der Waals surface area contributed by atoms with E-state index in [0.717, 1.165) is 30.6 Å². The molecule has 0 heterocycles. The summed E-state index contributed by atoms with van der Waals surface area (Å²) in [5.41, 5.74) is 0.0110. The molecule has 0 aromatic rings. The van der Waals surface area contributed by atoms with Gasteiger partial charge in [0.25, 0.3) is 0 Å². The third-order valence-electron chi connectivity index (χ3n) is 6.30. The van der Waals surface area contributed by atoms with Gasteiger partial charge in [-0.05, 0) is 37.5 Å². The van der Waals surface area contributed by atoms with E-state index in [0.29, 0.717) is 0 Å². The monoisotopic (exact) mass is 442 g/mol. The van der Waals surface area contributed by atoms with Crippen molar-refractivity contribution in [2.24, 2.45) is 23.2 Å². The van der Waals surface area contributed by atoms with Gasteiger partial charge in [-0.15, -0.1) is 0 Å². The van der Waals surface area contributed by atoms with Gasteiger partial charge in [-0.25, -0.2) is 0 Å². The highest BCUT2D eigenvalue weighted by Crippen LogP contribution is 2.22. The fraction of sp³-hybridized carbons (Fsp3) is 0.885. The number of aliphatic hydroxyl groups excluding tert-OH is 3. The number of carbonyl (C=O) groups is 1. The summed E-state index contributed by atoms with van der Waals surface area (Å²) in [5.74, 6) is 1.99. The first-order chi connectivity index (χ1) is 14.7. The highest BCUT2D eigenvalue weighted by Gasteiger charge is 2.29. The molecule has 2 atom stereocenters. The molecule has 0 rings (SSSR count). The molecule has 5 heteroatoms. The lowest BCUT2D eigenvalue weighted by molar-refractivity contribution is -0.150. The lowest BCUT2D eigenvalue weighted by Crippen LogP contribution is -2.39. The molecule has 0 aliphatic heterocycles. The smallest absolute Gasteiger partial charge is 0.309 e. The molecule has 0 aliphatic rings. The minimum atomic E-state index is -1.17. The molecule has 0 saturated heterocycles. The van der Waals surface area contributed by atoms with Crippen LogP contribution in [0.3, 0.4) is 0 Å². The van der Waals surface area contributed by atoms with Gasteiger partial charge in [0.1, 0.15) is 6.61 Å². The van der Waals surface area contributed by atoms with E-state index in [-0.39, 0.29) is 13.0 Å². The summed E-state index contributed by atoms with van der Waals surface area (Å²) in [4.78, 5) is 11.9. The number of allylic oxidation sites excluding steroid dienone is 1. The minimum absolute atomic E-state index is 0.175. The van der Waals surface area contributed by atoms with E-state index in [4.69, 9.17) is 4.74 Å². The predicted molar refractivity (Wildman–Crippen MR) is 128 cm³/mol. The molecule has 0 saturated carbocycles. The normalized spacial score (nSPS) is 14.7. The Balaban J connectivity index is 3.94.